The number of pyridine rings is 1. The summed E-state index contributed by atoms with van der Waals surface area (Å²) in [6.07, 6.45) is 0. The average Bonchev–Trinajstić information content (AvgIpc) is 2.77. The Bertz CT molecular complexity index is 914. The van der Waals surface area contributed by atoms with E-state index in [-0.39, 0.29) is 18.0 Å². The van der Waals surface area contributed by atoms with Crippen LogP contribution in [0.2, 0.25) is 0 Å². The molecule has 0 aliphatic carbocycles. The van der Waals surface area contributed by atoms with E-state index in [0.717, 1.165) is 28.7 Å². The lowest BCUT2D eigenvalue weighted by molar-refractivity contribution is 0.180. The van der Waals surface area contributed by atoms with Crippen molar-refractivity contribution >= 4 is 5.82 Å². The summed E-state index contributed by atoms with van der Waals surface area (Å²) in [4.78, 5) is 5.60. The third kappa shape index (κ3) is 5.24. The Hall–Kier alpha value is -3.19. The third-order valence-corrected chi connectivity index (χ3v) is 4.65. The van der Waals surface area contributed by atoms with Gasteiger partial charge in [0.25, 0.3) is 0 Å². The number of aromatic nitrogens is 1. The van der Waals surface area contributed by atoms with Crippen molar-refractivity contribution in [3.05, 3.63) is 83.1 Å². The predicted molar refractivity (Wildman–Crippen MR) is 111 cm³/mol. The predicted octanol–water partition coefficient (Wildman–Crippen LogP) is 4.73. The minimum absolute atomic E-state index is 0.0486. The van der Waals surface area contributed by atoms with Gasteiger partial charge >= 0.3 is 0 Å². The van der Waals surface area contributed by atoms with Crippen molar-refractivity contribution < 1.29 is 23.0 Å². The topological polar surface area (TPSA) is 43.8 Å². The summed E-state index contributed by atoms with van der Waals surface area (Å²) >= 11 is 0. The van der Waals surface area contributed by atoms with Crippen LogP contribution < -0.4 is 14.4 Å². The molecule has 7 heteroatoms. The van der Waals surface area contributed by atoms with Gasteiger partial charge in [0.05, 0.1) is 20.8 Å². The van der Waals surface area contributed by atoms with Crippen molar-refractivity contribution in [3.8, 4) is 11.5 Å². The Kier molecular flexibility index (Phi) is 7.19. The lowest BCUT2D eigenvalue weighted by atomic mass is 10.1. The van der Waals surface area contributed by atoms with Crippen molar-refractivity contribution in [2.75, 3.05) is 26.2 Å². The molecule has 0 aliphatic heterocycles. The van der Waals surface area contributed by atoms with Crippen LogP contribution in [0.1, 0.15) is 16.7 Å². The number of hydrogen-bond donors (Lipinski definition) is 0. The Morgan fingerprint density at radius 3 is 1.73 bits per heavy atom. The van der Waals surface area contributed by atoms with Crippen LogP contribution in [0.3, 0.4) is 0 Å². The molecule has 0 radical (unpaired) electrons. The highest BCUT2D eigenvalue weighted by Crippen LogP contribution is 2.25. The maximum absolute atomic E-state index is 14.9. The average molecular weight is 414 g/mol. The quantitative estimate of drug-likeness (QED) is 0.474. The van der Waals surface area contributed by atoms with Crippen LogP contribution in [0, 0.1) is 11.8 Å². The Morgan fingerprint density at radius 2 is 1.30 bits per heavy atom. The van der Waals surface area contributed by atoms with Gasteiger partial charge in [0.2, 0.25) is 5.95 Å². The fraction of sp³-hybridized carbons (Fsp3) is 0.261. The molecule has 30 heavy (non-hydrogen) atoms. The van der Waals surface area contributed by atoms with Crippen molar-refractivity contribution in [3.63, 3.8) is 0 Å². The minimum atomic E-state index is -0.747. The summed E-state index contributed by atoms with van der Waals surface area (Å²) in [5.41, 5.74) is 1.89. The maximum atomic E-state index is 14.9. The van der Waals surface area contributed by atoms with Gasteiger partial charge in [0.15, 0.2) is 11.6 Å². The molecule has 0 saturated heterocycles. The Labute approximate surface area is 174 Å². The first kappa shape index (κ1) is 21.5. The van der Waals surface area contributed by atoms with Gasteiger partial charge in [-0.1, -0.05) is 24.3 Å². The van der Waals surface area contributed by atoms with E-state index in [1.165, 1.54) is 7.11 Å². The normalized spacial score (nSPS) is 10.7. The summed E-state index contributed by atoms with van der Waals surface area (Å²) < 4.78 is 44.6. The molecule has 0 fully saturated rings. The summed E-state index contributed by atoms with van der Waals surface area (Å²) in [5, 5.41) is 0. The molecule has 1 aromatic heterocycles. The van der Waals surface area contributed by atoms with Gasteiger partial charge in [-0.25, -0.2) is 4.39 Å². The molecule has 0 amide bonds. The van der Waals surface area contributed by atoms with E-state index >= 15 is 0 Å². The van der Waals surface area contributed by atoms with Gasteiger partial charge in [0, 0.05) is 25.8 Å². The number of anilines is 1. The first-order chi connectivity index (χ1) is 14.5. The van der Waals surface area contributed by atoms with Crippen LogP contribution in [0.15, 0.2) is 54.6 Å². The molecule has 0 saturated carbocycles. The lowest BCUT2D eigenvalue weighted by Crippen LogP contribution is -2.25. The lowest BCUT2D eigenvalue weighted by Gasteiger charge is -2.25. The van der Waals surface area contributed by atoms with E-state index in [2.05, 4.69) is 4.98 Å². The van der Waals surface area contributed by atoms with Crippen molar-refractivity contribution in [2.24, 2.45) is 0 Å². The monoisotopic (exact) mass is 414 g/mol. The fourth-order valence-corrected chi connectivity index (χ4v) is 3.08. The van der Waals surface area contributed by atoms with E-state index in [4.69, 9.17) is 14.2 Å². The number of methoxy groups -OCH3 is 3. The Balaban J connectivity index is 1.94. The summed E-state index contributed by atoms with van der Waals surface area (Å²) in [6, 6.07) is 16.0. The highest BCUT2D eigenvalue weighted by Gasteiger charge is 2.19. The summed E-state index contributed by atoms with van der Waals surface area (Å²) in [5.74, 6) is 0.0339. The van der Waals surface area contributed by atoms with Crippen molar-refractivity contribution in [2.45, 2.75) is 19.7 Å². The van der Waals surface area contributed by atoms with E-state index in [0.29, 0.717) is 13.1 Å². The molecule has 5 nitrogen and oxygen atoms in total. The number of hydrogen-bond acceptors (Lipinski definition) is 5. The van der Waals surface area contributed by atoms with Gasteiger partial charge < -0.3 is 19.1 Å². The molecule has 2 aromatic carbocycles. The second-order valence-corrected chi connectivity index (χ2v) is 6.73. The first-order valence-electron chi connectivity index (χ1n) is 9.38. The van der Waals surface area contributed by atoms with E-state index in [9.17, 15) is 8.78 Å². The largest absolute Gasteiger partial charge is 0.497 e. The molecule has 3 aromatic rings. The smallest absolute Gasteiger partial charge is 0.220 e. The number of rotatable bonds is 9. The molecular weight excluding hydrogens is 390 g/mol. The Morgan fingerprint density at radius 1 is 0.800 bits per heavy atom. The zero-order valence-electron chi connectivity index (χ0n) is 17.2. The van der Waals surface area contributed by atoms with Crippen LogP contribution in [-0.4, -0.2) is 26.3 Å². The zero-order valence-corrected chi connectivity index (χ0v) is 17.2. The molecule has 0 unspecified atom stereocenters. The van der Waals surface area contributed by atoms with Crippen LogP contribution in [0.5, 0.6) is 11.5 Å². The first-order valence-corrected chi connectivity index (χ1v) is 9.38. The second kappa shape index (κ2) is 10.0. The van der Waals surface area contributed by atoms with Gasteiger partial charge in [-0.05, 0) is 41.5 Å². The highest BCUT2D eigenvalue weighted by molar-refractivity contribution is 5.44. The van der Waals surface area contributed by atoms with Gasteiger partial charge in [-0.2, -0.15) is 9.37 Å². The van der Waals surface area contributed by atoms with E-state index in [1.54, 1.807) is 19.1 Å². The van der Waals surface area contributed by atoms with Gasteiger partial charge in [0.1, 0.15) is 11.5 Å². The molecule has 3 rings (SSSR count). The second-order valence-electron chi connectivity index (χ2n) is 6.73. The summed E-state index contributed by atoms with van der Waals surface area (Å²) in [6.45, 7) is 0.624. The molecule has 0 atom stereocenters. The van der Waals surface area contributed by atoms with E-state index in [1.807, 2.05) is 48.5 Å². The summed E-state index contributed by atoms with van der Waals surface area (Å²) in [7, 11) is 4.61. The number of halogens is 2. The van der Waals surface area contributed by atoms with Crippen LogP contribution in [0.25, 0.3) is 0 Å². The van der Waals surface area contributed by atoms with Crippen molar-refractivity contribution in [1.82, 2.24) is 4.98 Å². The number of benzene rings is 2. The minimum Gasteiger partial charge on any atom is -0.497 e. The molecule has 1 heterocycles. The maximum Gasteiger partial charge on any atom is 0.220 e. The van der Waals surface area contributed by atoms with E-state index < -0.39 is 11.8 Å². The highest BCUT2D eigenvalue weighted by atomic mass is 19.1. The van der Waals surface area contributed by atoms with Crippen molar-refractivity contribution in [1.29, 1.82) is 0 Å². The standard InChI is InChI=1S/C23H24F2N2O3/c1-28-15-18-12-21(24)23(26-22(18)25)27(13-16-4-8-19(29-2)9-5-16)14-17-6-10-20(30-3)11-7-17/h4-12H,13-15H2,1-3H3. The molecule has 0 aliphatic rings. The number of nitrogens with zero attached hydrogens (tertiary/aromatic N) is 2. The zero-order chi connectivity index (χ0) is 21.5. The van der Waals surface area contributed by atoms with Gasteiger partial charge in [-0.15, -0.1) is 0 Å². The molecular formula is C23H24F2N2O3. The van der Waals surface area contributed by atoms with Crippen LogP contribution in [0.4, 0.5) is 14.6 Å². The SMILES string of the molecule is COCc1cc(F)c(N(Cc2ccc(OC)cc2)Cc2ccc(OC)cc2)nc1F. The molecule has 158 valence electrons. The van der Waals surface area contributed by atoms with Crippen LogP contribution in [-0.2, 0) is 24.4 Å². The molecule has 0 bridgehead atoms. The van der Waals surface area contributed by atoms with Gasteiger partial charge in [-0.3, -0.25) is 0 Å². The third-order valence-electron chi connectivity index (χ3n) is 4.65. The molecule has 0 spiro atoms. The van der Waals surface area contributed by atoms with Crippen LogP contribution >= 0.6 is 0 Å². The fourth-order valence-electron chi connectivity index (χ4n) is 3.08. The number of ether oxygens (including phenoxy) is 3. The molecule has 0 N–H and O–H groups in total.